The van der Waals surface area contributed by atoms with Gasteiger partial charge in [0.05, 0.1) is 18.5 Å². The van der Waals surface area contributed by atoms with Crippen LogP contribution in [0.2, 0.25) is 0 Å². The summed E-state index contributed by atoms with van der Waals surface area (Å²) >= 11 is 0. The summed E-state index contributed by atoms with van der Waals surface area (Å²) in [5, 5.41) is 6.48. The Balaban J connectivity index is 1.65. The van der Waals surface area contributed by atoms with Gasteiger partial charge in [0.15, 0.2) is 0 Å². The van der Waals surface area contributed by atoms with Crippen molar-refractivity contribution in [2.45, 2.75) is 13.5 Å². The number of benzene rings is 2. The Morgan fingerprint density at radius 1 is 1.00 bits per heavy atom. The number of hydrogen-bond acceptors (Lipinski definition) is 3. The summed E-state index contributed by atoms with van der Waals surface area (Å²) in [5.41, 5.74) is 3.05. The van der Waals surface area contributed by atoms with Gasteiger partial charge in [-0.3, -0.25) is 9.59 Å². The van der Waals surface area contributed by atoms with Gasteiger partial charge in [0.1, 0.15) is 11.5 Å². The molecule has 0 aliphatic carbocycles. The van der Waals surface area contributed by atoms with Crippen molar-refractivity contribution in [3.05, 3.63) is 89.5 Å². The normalized spacial score (nSPS) is 10.8. The number of aromatic amines is 1. The zero-order valence-corrected chi connectivity index (χ0v) is 15.3. The molecule has 0 radical (unpaired) electrons. The molecule has 28 heavy (non-hydrogen) atoms. The molecule has 2 amide bonds. The van der Waals surface area contributed by atoms with Crippen LogP contribution in [0.3, 0.4) is 0 Å². The number of furan rings is 1. The van der Waals surface area contributed by atoms with Gasteiger partial charge in [0.2, 0.25) is 0 Å². The lowest BCUT2D eigenvalue weighted by Gasteiger charge is -2.08. The maximum absolute atomic E-state index is 12.8. The third kappa shape index (κ3) is 3.53. The first kappa shape index (κ1) is 17.6. The van der Waals surface area contributed by atoms with E-state index in [0.29, 0.717) is 22.7 Å². The monoisotopic (exact) mass is 373 g/mol. The first-order valence-electron chi connectivity index (χ1n) is 8.91. The molecule has 0 saturated heterocycles. The SMILES string of the molecule is Cc1cccc(C(=O)Nc2c(C(=O)NCc3ccco3)[nH]c3ccccc23)c1. The summed E-state index contributed by atoms with van der Waals surface area (Å²) < 4.78 is 5.25. The number of fused-ring (bicyclic) bond motifs is 1. The molecule has 6 heteroatoms. The number of rotatable bonds is 5. The van der Waals surface area contributed by atoms with Crippen molar-refractivity contribution in [1.29, 1.82) is 0 Å². The second kappa shape index (κ2) is 7.44. The molecule has 0 bridgehead atoms. The van der Waals surface area contributed by atoms with E-state index in [2.05, 4.69) is 15.6 Å². The highest BCUT2D eigenvalue weighted by Crippen LogP contribution is 2.28. The van der Waals surface area contributed by atoms with Gasteiger partial charge >= 0.3 is 0 Å². The van der Waals surface area contributed by atoms with Gasteiger partial charge in [-0.1, -0.05) is 35.9 Å². The molecule has 140 valence electrons. The van der Waals surface area contributed by atoms with Crippen LogP contribution in [-0.4, -0.2) is 16.8 Å². The topological polar surface area (TPSA) is 87.1 Å². The van der Waals surface area contributed by atoms with Crippen LogP contribution < -0.4 is 10.6 Å². The van der Waals surface area contributed by atoms with Crippen LogP contribution in [-0.2, 0) is 6.54 Å². The molecule has 6 nitrogen and oxygen atoms in total. The van der Waals surface area contributed by atoms with Crippen molar-refractivity contribution in [3.8, 4) is 0 Å². The molecule has 2 heterocycles. The maximum atomic E-state index is 12.8. The van der Waals surface area contributed by atoms with Gasteiger partial charge < -0.3 is 20.0 Å². The van der Waals surface area contributed by atoms with Gasteiger partial charge in [-0.25, -0.2) is 0 Å². The molecule has 2 aromatic heterocycles. The van der Waals surface area contributed by atoms with E-state index in [4.69, 9.17) is 4.42 Å². The van der Waals surface area contributed by atoms with Crippen LogP contribution >= 0.6 is 0 Å². The summed E-state index contributed by atoms with van der Waals surface area (Å²) in [6.07, 6.45) is 1.55. The van der Waals surface area contributed by atoms with Gasteiger partial charge in [0.25, 0.3) is 11.8 Å². The number of H-pyrrole nitrogens is 1. The van der Waals surface area contributed by atoms with E-state index in [1.54, 1.807) is 30.5 Å². The Labute approximate surface area is 161 Å². The van der Waals surface area contributed by atoms with E-state index in [1.807, 2.05) is 43.3 Å². The number of aryl methyl sites for hydroxylation is 1. The van der Waals surface area contributed by atoms with Crippen molar-refractivity contribution >= 4 is 28.4 Å². The molecular weight excluding hydrogens is 354 g/mol. The van der Waals surface area contributed by atoms with Crippen molar-refractivity contribution in [2.75, 3.05) is 5.32 Å². The fourth-order valence-electron chi connectivity index (χ4n) is 3.08. The Hall–Kier alpha value is -3.80. The number of carbonyl (C=O) groups is 2. The fourth-order valence-corrected chi connectivity index (χ4v) is 3.08. The van der Waals surface area contributed by atoms with E-state index >= 15 is 0 Å². The van der Waals surface area contributed by atoms with Gasteiger partial charge in [0, 0.05) is 16.5 Å². The number of aromatic nitrogens is 1. The smallest absolute Gasteiger partial charge is 0.270 e. The Morgan fingerprint density at radius 2 is 1.86 bits per heavy atom. The van der Waals surface area contributed by atoms with Gasteiger partial charge in [-0.15, -0.1) is 0 Å². The molecular formula is C22H19N3O3. The summed E-state index contributed by atoms with van der Waals surface area (Å²) in [4.78, 5) is 28.6. The lowest BCUT2D eigenvalue weighted by molar-refractivity contribution is 0.0945. The standard InChI is InChI=1S/C22H19N3O3/c1-14-6-4-7-15(12-14)21(26)25-19-17-9-2-3-10-18(17)24-20(19)22(27)23-13-16-8-5-11-28-16/h2-12,24H,13H2,1H3,(H,23,27)(H,25,26). The number of para-hydroxylation sites is 1. The molecule has 0 aliphatic rings. The first-order chi connectivity index (χ1) is 13.6. The molecule has 0 spiro atoms. The van der Waals surface area contributed by atoms with Crippen LogP contribution in [0.25, 0.3) is 10.9 Å². The van der Waals surface area contributed by atoms with E-state index < -0.39 is 0 Å². The molecule has 0 unspecified atom stereocenters. The average Bonchev–Trinajstić information content (AvgIpc) is 3.34. The minimum Gasteiger partial charge on any atom is -0.467 e. The van der Waals surface area contributed by atoms with Crippen molar-refractivity contribution < 1.29 is 14.0 Å². The molecule has 0 aliphatic heterocycles. The van der Waals surface area contributed by atoms with Gasteiger partial charge in [-0.05, 0) is 37.3 Å². The highest BCUT2D eigenvalue weighted by Gasteiger charge is 2.20. The van der Waals surface area contributed by atoms with E-state index in [9.17, 15) is 9.59 Å². The number of nitrogens with one attached hydrogen (secondary N) is 3. The molecule has 3 N–H and O–H groups in total. The fraction of sp³-hybridized carbons (Fsp3) is 0.0909. The van der Waals surface area contributed by atoms with Crippen molar-refractivity contribution in [1.82, 2.24) is 10.3 Å². The molecule has 0 fully saturated rings. The van der Waals surface area contributed by atoms with E-state index in [1.165, 1.54) is 0 Å². The van der Waals surface area contributed by atoms with Crippen molar-refractivity contribution in [3.63, 3.8) is 0 Å². The number of hydrogen-bond donors (Lipinski definition) is 3. The summed E-state index contributed by atoms with van der Waals surface area (Å²) in [5.74, 6) is 0.0514. The third-order valence-electron chi connectivity index (χ3n) is 4.46. The lowest BCUT2D eigenvalue weighted by atomic mass is 10.1. The number of anilines is 1. The van der Waals surface area contributed by atoms with Crippen LogP contribution in [0.1, 0.15) is 32.2 Å². The van der Waals surface area contributed by atoms with Crippen LogP contribution in [0.5, 0.6) is 0 Å². The largest absolute Gasteiger partial charge is 0.467 e. The van der Waals surface area contributed by atoms with Crippen molar-refractivity contribution in [2.24, 2.45) is 0 Å². The average molecular weight is 373 g/mol. The van der Waals surface area contributed by atoms with Crippen LogP contribution in [0, 0.1) is 6.92 Å². The van der Waals surface area contributed by atoms with E-state index in [-0.39, 0.29) is 18.4 Å². The third-order valence-corrected chi connectivity index (χ3v) is 4.46. The summed E-state index contributed by atoms with van der Waals surface area (Å²) in [6, 6.07) is 18.3. The Bertz CT molecular complexity index is 1140. The zero-order chi connectivity index (χ0) is 19.5. The summed E-state index contributed by atoms with van der Waals surface area (Å²) in [7, 11) is 0. The first-order valence-corrected chi connectivity index (χ1v) is 8.91. The second-order valence-electron chi connectivity index (χ2n) is 6.51. The maximum Gasteiger partial charge on any atom is 0.270 e. The Morgan fingerprint density at radius 3 is 2.64 bits per heavy atom. The highest BCUT2D eigenvalue weighted by atomic mass is 16.3. The van der Waals surface area contributed by atoms with E-state index in [0.717, 1.165) is 16.5 Å². The second-order valence-corrected chi connectivity index (χ2v) is 6.51. The minimum absolute atomic E-state index is 0.256. The number of amides is 2. The zero-order valence-electron chi connectivity index (χ0n) is 15.3. The van der Waals surface area contributed by atoms with Crippen LogP contribution in [0.15, 0.2) is 71.3 Å². The van der Waals surface area contributed by atoms with Gasteiger partial charge in [-0.2, -0.15) is 0 Å². The lowest BCUT2D eigenvalue weighted by Crippen LogP contribution is -2.24. The molecule has 0 saturated carbocycles. The summed E-state index contributed by atoms with van der Waals surface area (Å²) in [6.45, 7) is 2.18. The Kier molecular flexibility index (Phi) is 4.68. The molecule has 4 aromatic rings. The predicted octanol–water partition coefficient (Wildman–Crippen LogP) is 4.25. The highest BCUT2D eigenvalue weighted by molar-refractivity contribution is 6.15. The van der Waals surface area contributed by atoms with Crippen LogP contribution in [0.4, 0.5) is 5.69 Å². The molecule has 2 aromatic carbocycles. The molecule has 0 atom stereocenters. The number of carbonyl (C=O) groups excluding carboxylic acids is 2. The molecule has 4 rings (SSSR count). The quantitative estimate of drug-likeness (QED) is 0.489. The predicted molar refractivity (Wildman–Crippen MR) is 107 cm³/mol. The minimum atomic E-state index is -0.327.